The van der Waals surface area contributed by atoms with E-state index in [9.17, 15) is 9.59 Å². The number of carbonyl (C=O) groups excluding carboxylic acids is 2. The molecule has 3 aromatic heterocycles. The molecule has 0 bridgehead atoms. The molecule has 212 valence electrons. The molecule has 1 aromatic carbocycles. The van der Waals surface area contributed by atoms with Gasteiger partial charge in [-0.15, -0.1) is 0 Å². The number of rotatable bonds is 6. The average molecular weight is 556 g/mol. The van der Waals surface area contributed by atoms with Gasteiger partial charge in [0.15, 0.2) is 5.65 Å². The molecular formula is C32H34FN5O3. The Hall–Kier alpha value is -4.14. The SMILES string of the molecule is CCOC(=O)c1ccc(-c2ccc(-c3cc4nc(C(=O)N5CCCCC[C@H]5C)cc(C5(C)CC5)n4n3)c(F)c2)nc1. The quantitative estimate of drug-likeness (QED) is 0.262. The summed E-state index contributed by atoms with van der Waals surface area (Å²) in [5.41, 5.74) is 4.05. The molecular weight excluding hydrogens is 521 g/mol. The van der Waals surface area contributed by atoms with Crippen LogP contribution in [0.3, 0.4) is 0 Å². The number of amides is 1. The zero-order chi connectivity index (χ0) is 28.7. The van der Waals surface area contributed by atoms with Gasteiger partial charge in [-0.05, 0) is 69.9 Å². The topological polar surface area (TPSA) is 89.7 Å². The Labute approximate surface area is 238 Å². The molecule has 1 aliphatic carbocycles. The van der Waals surface area contributed by atoms with Crippen LogP contribution in [0.1, 0.15) is 85.8 Å². The van der Waals surface area contributed by atoms with E-state index in [1.807, 2.05) is 11.0 Å². The summed E-state index contributed by atoms with van der Waals surface area (Å²) in [5, 5.41) is 4.77. The first-order valence-corrected chi connectivity index (χ1v) is 14.4. The Balaban J connectivity index is 1.34. The lowest BCUT2D eigenvalue weighted by atomic mass is 10.0. The lowest BCUT2D eigenvalue weighted by Crippen LogP contribution is -2.39. The monoisotopic (exact) mass is 555 g/mol. The number of fused-ring (bicyclic) bond motifs is 1. The Morgan fingerprint density at radius 2 is 1.90 bits per heavy atom. The highest BCUT2D eigenvalue weighted by Crippen LogP contribution is 2.47. The maximum atomic E-state index is 15.5. The molecule has 41 heavy (non-hydrogen) atoms. The highest BCUT2D eigenvalue weighted by atomic mass is 19.1. The Morgan fingerprint density at radius 1 is 1.07 bits per heavy atom. The molecule has 8 nitrogen and oxygen atoms in total. The summed E-state index contributed by atoms with van der Waals surface area (Å²) in [5.74, 6) is -0.943. The standard InChI is InChI=1S/C32H34FN5O3/c1-4-41-31(40)22-10-12-25(34-19-22)21-9-11-23(24(33)16-21)26-18-29-35-27(17-28(38(29)36-26)32(3)13-14-32)30(39)37-15-7-5-6-8-20(37)2/h9-12,16-20H,4-8,13-15H2,1-3H3/t20-/m1/s1. The van der Waals surface area contributed by atoms with Gasteiger partial charge in [-0.3, -0.25) is 9.78 Å². The number of likely N-dealkylation sites (tertiary alicyclic amines) is 1. The summed E-state index contributed by atoms with van der Waals surface area (Å²) < 4.78 is 22.3. The van der Waals surface area contributed by atoms with Crippen molar-refractivity contribution < 1.29 is 18.7 Å². The van der Waals surface area contributed by atoms with Crippen molar-refractivity contribution in [2.24, 2.45) is 0 Å². The lowest BCUT2D eigenvalue weighted by Gasteiger charge is -2.27. The Kier molecular flexibility index (Phi) is 7.05. The average Bonchev–Trinajstić information content (AvgIpc) is 3.64. The van der Waals surface area contributed by atoms with Gasteiger partial charge in [0.25, 0.3) is 5.91 Å². The van der Waals surface area contributed by atoms with Crippen LogP contribution in [-0.2, 0) is 10.2 Å². The number of nitrogens with zero attached hydrogens (tertiary/aromatic N) is 5. The van der Waals surface area contributed by atoms with Gasteiger partial charge in [0.05, 0.1) is 29.3 Å². The second-order valence-corrected chi connectivity index (χ2v) is 11.4. The number of pyridine rings is 1. The largest absolute Gasteiger partial charge is 0.462 e. The van der Waals surface area contributed by atoms with E-state index in [0.29, 0.717) is 39.4 Å². The van der Waals surface area contributed by atoms with E-state index in [0.717, 1.165) is 50.8 Å². The fourth-order valence-electron chi connectivity index (χ4n) is 5.59. The van der Waals surface area contributed by atoms with Gasteiger partial charge < -0.3 is 9.64 Å². The maximum absolute atomic E-state index is 15.5. The van der Waals surface area contributed by atoms with E-state index in [4.69, 9.17) is 14.8 Å². The molecule has 1 saturated heterocycles. The Morgan fingerprint density at radius 3 is 2.61 bits per heavy atom. The molecule has 4 aromatic rings. The summed E-state index contributed by atoms with van der Waals surface area (Å²) in [6.45, 7) is 7.04. The highest BCUT2D eigenvalue weighted by molar-refractivity contribution is 5.93. The van der Waals surface area contributed by atoms with Crippen molar-refractivity contribution in [2.45, 2.75) is 70.8 Å². The number of halogens is 1. The van der Waals surface area contributed by atoms with Gasteiger partial charge in [-0.25, -0.2) is 18.7 Å². The number of esters is 1. The van der Waals surface area contributed by atoms with Gasteiger partial charge in [0.1, 0.15) is 11.5 Å². The van der Waals surface area contributed by atoms with Gasteiger partial charge in [-0.1, -0.05) is 25.8 Å². The zero-order valence-electron chi connectivity index (χ0n) is 23.7. The number of hydrogen-bond donors (Lipinski definition) is 0. The summed E-state index contributed by atoms with van der Waals surface area (Å²) in [6.07, 6.45) is 7.69. The van der Waals surface area contributed by atoms with Gasteiger partial charge in [0, 0.05) is 41.4 Å². The molecule has 0 unspecified atom stereocenters. The van der Waals surface area contributed by atoms with Crippen molar-refractivity contribution in [1.29, 1.82) is 0 Å². The predicted octanol–water partition coefficient (Wildman–Crippen LogP) is 6.23. The van der Waals surface area contributed by atoms with Crippen LogP contribution in [0, 0.1) is 5.82 Å². The van der Waals surface area contributed by atoms with Gasteiger partial charge >= 0.3 is 5.97 Å². The van der Waals surface area contributed by atoms with E-state index >= 15 is 4.39 Å². The van der Waals surface area contributed by atoms with Gasteiger partial charge in [-0.2, -0.15) is 5.10 Å². The smallest absolute Gasteiger partial charge is 0.339 e. The van der Waals surface area contributed by atoms with Crippen LogP contribution in [0.15, 0.2) is 48.7 Å². The Bertz CT molecular complexity index is 1630. The van der Waals surface area contributed by atoms with Crippen LogP contribution in [0.25, 0.3) is 28.2 Å². The first kappa shape index (κ1) is 27.1. The van der Waals surface area contributed by atoms with Crippen LogP contribution in [0.4, 0.5) is 4.39 Å². The van der Waals surface area contributed by atoms with Crippen molar-refractivity contribution in [2.75, 3.05) is 13.2 Å². The third-order valence-electron chi connectivity index (χ3n) is 8.39. The molecule has 1 atom stereocenters. The maximum Gasteiger partial charge on any atom is 0.339 e. The van der Waals surface area contributed by atoms with Crippen LogP contribution in [0.5, 0.6) is 0 Å². The van der Waals surface area contributed by atoms with Crippen molar-refractivity contribution >= 4 is 17.5 Å². The normalized spacial score (nSPS) is 18.2. The lowest BCUT2D eigenvalue weighted by molar-refractivity contribution is 0.0525. The van der Waals surface area contributed by atoms with Crippen LogP contribution in [-0.4, -0.2) is 55.6 Å². The van der Waals surface area contributed by atoms with E-state index in [1.165, 1.54) is 12.3 Å². The van der Waals surface area contributed by atoms with Crippen molar-refractivity contribution in [1.82, 2.24) is 24.5 Å². The summed E-state index contributed by atoms with van der Waals surface area (Å²) in [4.78, 5) is 36.6. The number of aromatic nitrogens is 4. The minimum Gasteiger partial charge on any atom is -0.462 e. The summed E-state index contributed by atoms with van der Waals surface area (Å²) >= 11 is 0. The molecule has 1 aliphatic heterocycles. The number of carbonyl (C=O) groups is 2. The third kappa shape index (κ3) is 5.21. The molecule has 9 heteroatoms. The predicted molar refractivity (Wildman–Crippen MR) is 153 cm³/mol. The molecule has 2 fully saturated rings. The molecule has 0 N–H and O–H groups in total. The van der Waals surface area contributed by atoms with Gasteiger partial charge in [0.2, 0.25) is 0 Å². The second kappa shape index (κ2) is 10.7. The number of benzene rings is 1. The molecule has 0 radical (unpaired) electrons. The molecule has 4 heterocycles. The van der Waals surface area contributed by atoms with Crippen molar-refractivity contribution in [3.05, 3.63) is 71.4 Å². The van der Waals surface area contributed by atoms with E-state index in [-0.39, 0.29) is 24.0 Å². The minimum absolute atomic E-state index is 0.0489. The first-order valence-electron chi connectivity index (χ1n) is 14.4. The second-order valence-electron chi connectivity index (χ2n) is 11.4. The fourth-order valence-corrected chi connectivity index (χ4v) is 5.59. The van der Waals surface area contributed by atoms with Crippen molar-refractivity contribution in [3.8, 4) is 22.5 Å². The molecule has 1 amide bonds. The number of ether oxygens (including phenoxy) is 1. The minimum atomic E-state index is -0.448. The summed E-state index contributed by atoms with van der Waals surface area (Å²) in [6, 6.07) is 12.0. The first-order chi connectivity index (χ1) is 19.8. The van der Waals surface area contributed by atoms with Crippen LogP contribution < -0.4 is 0 Å². The molecule has 1 saturated carbocycles. The summed E-state index contributed by atoms with van der Waals surface area (Å²) in [7, 11) is 0. The van der Waals surface area contributed by atoms with E-state index < -0.39 is 11.8 Å². The highest BCUT2D eigenvalue weighted by Gasteiger charge is 2.42. The molecule has 2 aliphatic rings. The van der Waals surface area contributed by atoms with E-state index in [2.05, 4.69) is 18.8 Å². The third-order valence-corrected chi connectivity index (χ3v) is 8.39. The molecule has 6 rings (SSSR count). The zero-order valence-corrected chi connectivity index (χ0v) is 23.7. The number of hydrogen-bond acceptors (Lipinski definition) is 6. The fraction of sp³-hybridized carbons (Fsp3) is 0.406. The van der Waals surface area contributed by atoms with Crippen LogP contribution in [0.2, 0.25) is 0 Å². The van der Waals surface area contributed by atoms with E-state index in [1.54, 1.807) is 41.8 Å². The van der Waals surface area contributed by atoms with Crippen molar-refractivity contribution in [3.63, 3.8) is 0 Å². The van der Waals surface area contributed by atoms with Crippen LogP contribution >= 0.6 is 0 Å². The molecule has 0 spiro atoms.